The fraction of sp³-hybridized carbons (Fsp3) is 0.917. The van der Waals surface area contributed by atoms with Gasteiger partial charge in [0.2, 0.25) is 5.91 Å². The molecule has 5 nitrogen and oxygen atoms in total. The molecule has 2 N–H and O–H groups in total. The molecule has 0 saturated heterocycles. The molecule has 0 aromatic carbocycles. The van der Waals surface area contributed by atoms with Crippen LogP contribution in [0.2, 0.25) is 0 Å². The molecule has 0 rings (SSSR count). The molecule has 0 unspecified atom stereocenters. The number of nitrogens with one attached hydrogen (secondary N) is 2. The van der Waals surface area contributed by atoms with Crippen LogP contribution in [0.3, 0.4) is 0 Å². The van der Waals surface area contributed by atoms with Crippen molar-refractivity contribution in [2.45, 2.75) is 19.8 Å². The summed E-state index contributed by atoms with van der Waals surface area (Å²) in [6.07, 6.45) is 2.16. The summed E-state index contributed by atoms with van der Waals surface area (Å²) < 4.78 is 4.99. The summed E-state index contributed by atoms with van der Waals surface area (Å²) in [5.41, 5.74) is 0. The maximum absolute atomic E-state index is 11.3. The molecule has 0 heterocycles. The van der Waals surface area contributed by atoms with Crippen LogP contribution in [0.4, 0.5) is 0 Å². The van der Waals surface area contributed by atoms with Crippen LogP contribution in [0.5, 0.6) is 0 Å². The zero-order valence-electron chi connectivity index (χ0n) is 11.4. The average Bonchev–Trinajstić information content (AvgIpc) is 2.32. The summed E-state index contributed by atoms with van der Waals surface area (Å²) in [5.74, 6) is 0.0815. The molecule has 17 heavy (non-hydrogen) atoms. The number of likely N-dealkylation sites (N-methyl/N-ethyl adjacent to an activating group) is 1. The van der Waals surface area contributed by atoms with Gasteiger partial charge >= 0.3 is 0 Å². The van der Waals surface area contributed by atoms with Gasteiger partial charge < -0.3 is 20.3 Å². The number of amides is 1. The van der Waals surface area contributed by atoms with Crippen molar-refractivity contribution in [1.82, 2.24) is 15.5 Å². The number of ether oxygens (including phenoxy) is 1. The molecule has 1 amide bonds. The third kappa shape index (κ3) is 11.6. The van der Waals surface area contributed by atoms with Gasteiger partial charge in [-0.3, -0.25) is 4.79 Å². The van der Waals surface area contributed by atoms with Crippen LogP contribution >= 0.6 is 0 Å². The number of carbonyl (C=O) groups excluding carboxylic acids is 1. The lowest BCUT2D eigenvalue weighted by Gasteiger charge is -2.16. The Morgan fingerprint density at radius 1 is 1.29 bits per heavy atom. The van der Waals surface area contributed by atoms with Crippen LogP contribution in [-0.2, 0) is 9.53 Å². The van der Waals surface area contributed by atoms with Crippen molar-refractivity contribution in [2.24, 2.45) is 0 Å². The van der Waals surface area contributed by atoms with Crippen LogP contribution in [0.15, 0.2) is 0 Å². The van der Waals surface area contributed by atoms with E-state index in [1.165, 1.54) is 0 Å². The third-order valence-corrected chi connectivity index (χ3v) is 2.49. The Hall–Kier alpha value is -0.650. The predicted molar refractivity (Wildman–Crippen MR) is 70.2 cm³/mol. The highest BCUT2D eigenvalue weighted by atomic mass is 16.5. The van der Waals surface area contributed by atoms with Crippen molar-refractivity contribution < 1.29 is 9.53 Å². The first-order valence-electron chi connectivity index (χ1n) is 6.35. The summed E-state index contributed by atoms with van der Waals surface area (Å²) in [7, 11) is 3.74. The van der Waals surface area contributed by atoms with Gasteiger partial charge in [0.05, 0.1) is 13.2 Å². The van der Waals surface area contributed by atoms with Gasteiger partial charge in [-0.25, -0.2) is 0 Å². The van der Waals surface area contributed by atoms with Gasteiger partial charge in [0.25, 0.3) is 0 Å². The van der Waals surface area contributed by atoms with Crippen LogP contribution in [0.25, 0.3) is 0 Å². The number of nitrogens with zero attached hydrogens (tertiary/aromatic N) is 1. The van der Waals surface area contributed by atoms with E-state index in [2.05, 4.69) is 22.5 Å². The molecular formula is C12H27N3O2. The minimum atomic E-state index is 0.0815. The third-order valence-electron chi connectivity index (χ3n) is 2.49. The second-order valence-electron chi connectivity index (χ2n) is 4.18. The number of hydrogen-bond donors (Lipinski definition) is 2. The predicted octanol–water partition coefficient (Wildman–Crippen LogP) is 0.0705. The van der Waals surface area contributed by atoms with Gasteiger partial charge in [0.15, 0.2) is 0 Å². The van der Waals surface area contributed by atoms with Crippen LogP contribution in [0.1, 0.15) is 19.8 Å². The molecule has 0 saturated carbocycles. The molecule has 0 fully saturated rings. The molecular weight excluding hydrogens is 218 g/mol. The largest absolute Gasteiger partial charge is 0.383 e. The highest BCUT2D eigenvalue weighted by molar-refractivity contribution is 5.77. The first-order chi connectivity index (χ1) is 8.20. The van der Waals surface area contributed by atoms with E-state index in [9.17, 15) is 4.79 Å². The average molecular weight is 245 g/mol. The van der Waals surface area contributed by atoms with Gasteiger partial charge in [0.1, 0.15) is 0 Å². The summed E-state index contributed by atoms with van der Waals surface area (Å²) >= 11 is 0. The van der Waals surface area contributed by atoms with E-state index in [4.69, 9.17) is 4.74 Å². The van der Waals surface area contributed by atoms with Crippen molar-refractivity contribution >= 4 is 5.91 Å². The van der Waals surface area contributed by atoms with Crippen LogP contribution < -0.4 is 10.6 Å². The number of carbonyl (C=O) groups is 1. The van der Waals surface area contributed by atoms with Crippen LogP contribution in [0, 0.1) is 0 Å². The Kier molecular flexibility index (Phi) is 11.4. The van der Waals surface area contributed by atoms with E-state index in [1.807, 2.05) is 7.05 Å². The van der Waals surface area contributed by atoms with Crippen molar-refractivity contribution in [3.8, 4) is 0 Å². The Morgan fingerprint density at radius 2 is 2.06 bits per heavy atom. The summed E-state index contributed by atoms with van der Waals surface area (Å²) in [5, 5.41) is 6.00. The fourth-order valence-corrected chi connectivity index (χ4v) is 1.30. The fourth-order valence-electron chi connectivity index (χ4n) is 1.30. The van der Waals surface area contributed by atoms with E-state index in [0.29, 0.717) is 6.54 Å². The van der Waals surface area contributed by atoms with Crippen molar-refractivity contribution in [3.05, 3.63) is 0 Å². The van der Waals surface area contributed by atoms with E-state index in [1.54, 1.807) is 7.11 Å². The zero-order chi connectivity index (χ0) is 12.9. The van der Waals surface area contributed by atoms with E-state index in [0.717, 1.165) is 45.6 Å². The van der Waals surface area contributed by atoms with Crippen molar-refractivity contribution in [3.63, 3.8) is 0 Å². The number of rotatable bonds is 11. The number of hydrogen-bond acceptors (Lipinski definition) is 4. The monoisotopic (exact) mass is 245 g/mol. The molecule has 0 atom stereocenters. The molecule has 0 aromatic rings. The molecule has 0 spiro atoms. The van der Waals surface area contributed by atoms with Gasteiger partial charge in [-0.15, -0.1) is 0 Å². The lowest BCUT2D eigenvalue weighted by atomic mass is 10.3. The molecule has 5 heteroatoms. The second kappa shape index (κ2) is 11.8. The Balaban J connectivity index is 3.29. The standard InChI is InChI=1S/C12H27N3O2/c1-4-5-6-14-12(16)11-13-7-8-15(2)9-10-17-3/h13H,4-11H2,1-3H3,(H,14,16). The second-order valence-corrected chi connectivity index (χ2v) is 4.18. The molecule has 102 valence electrons. The Bertz CT molecular complexity index is 189. The molecule has 0 aliphatic heterocycles. The topological polar surface area (TPSA) is 53.6 Å². The highest BCUT2D eigenvalue weighted by Crippen LogP contribution is 1.82. The molecule has 0 radical (unpaired) electrons. The molecule has 0 aliphatic rings. The minimum absolute atomic E-state index is 0.0815. The van der Waals surface area contributed by atoms with Gasteiger partial charge in [-0.1, -0.05) is 13.3 Å². The smallest absolute Gasteiger partial charge is 0.233 e. The number of unbranched alkanes of at least 4 members (excludes halogenated alkanes) is 1. The summed E-state index contributed by atoms with van der Waals surface area (Å²) in [4.78, 5) is 13.5. The summed E-state index contributed by atoms with van der Waals surface area (Å²) in [6.45, 7) is 6.70. The van der Waals surface area contributed by atoms with E-state index in [-0.39, 0.29) is 5.91 Å². The number of methoxy groups -OCH3 is 1. The maximum Gasteiger partial charge on any atom is 0.233 e. The molecule has 0 aliphatic carbocycles. The van der Waals surface area contributed by atoms with E-state index >= 15 is 0 Å². The van der Waals surface area contributed by atoms with Crippen molar-refractivity contribution in [2.75, 3.05) is 53.5 Å². The Morgan fingerprint density at radius 3 is 2.71 bits per heavy atom. The lowest BCUT2D eigenvalue weighted by Crippen LogP contribution is -2.38. The maximum atomic E-state index is 11.3. The first-order valence-corrected chi connectivity index (χ1v) is 6.35. The van der Waals surface area contributed by atoms with Crippen molar-refractivity contribution in [1.29, 1.82) is 0 Å². The minimum Gasteiger partial charge on any atom is -0.383 e. The van der Waals surface area contributed by atoms with Gasteiger partial charge in [-0.05, 0) is 13.5 Å². The highest BCUT2D eigenvalue weighted by Gasteiger charge is 2.00. The lowest BCUT2D eigenvalue weighted by molar-refractivity contribution is -0.120. The quantitative estimate of drug-likeness (QED) is 0.506. The van der Waals surface area contributed by atoms with E-state index < -0.39 is 0 Å². The van der Waals surface area contributed by atoms with Gasteiger partial charge in [-0.2, -0.15) is 0 Å². The normalized spacial score (nSPS) is 10.8. The summed E-state index contributed by atoms with van der Waals surface area (Å²) in [6, 6.07) is 0. The van der Waals surface area contributed by atoms with Crippen LogP contribution in [-0.4, -0.2) is 64.3 Å². The Labute approximate surface area is 105 Å². The molecule has 0 bridgehead atoms. The van der Waals surface area contributed by atoms with Gasteiger partial charge in [0, 0.05) is 33.3 Å². The zero-order valence-corrected chi connectivity index (χ0v) is 11.4. The first kappa shape index (κ1) is 16.4. The SMILES string of the molecule is CCCCNC(=O)CNCCN(C)CCOC. The molecule has 0 aromatic heterocycles.